The average molecular weight is 358 g/mol. The van der Waals surface area contributed by atoms with Crippen LogP contribution < -0.4 is 5.32 Å². The van der Waals surface area contributed by atoms with Crippen molar-refractivity contribution in [3.05, 3.63) is 17.2 Å². The van der Waals surface area contributed by atoms with Crippen LogP contribution in [0.1, 0.15) is 18.4 Å². The number of carbonyl (C=O) groups is 3. The molecule has 0 aromatic carbocycles. The van der Waals surface area contributed by atoms with E-state index in [1.165, 1.54) is 11.3 Å². The second-order valence-electron chi connectivity index (χ2n) is 7.32. The Labute approximate surface area is 148 Å². The summed E-state index contributed by atoms with van der Waals surface area (Å²) >= 11 is 1.31. The van der Waals surface area contributed by atoms with Crippen molar-refractivity contribution in [2.24, 2.45) is 35.5 Å². The molecule has 0 unspecified atom stereocenters. The molecule has 6 rings (SSSR count). The third kappa shape index (κ3) is 2.13. The van der Waals surface area contributed by atoms with Crippen LogP contribution in [0.4, 0.5) is 5.13 Å². The zero-order valence-electron chi connectivity index (χ0n) is 13.7. The smallest absolute Gasteiger partial charge is 0.246 e. The molecule has 4 aliphatic carbocycles. The first-order valence-electron chi connectivity index (χ1n) is 8.74. The Hall–Kier alpha value is -2.09. The summed E-state index contributed by atoms with van der Waals surface area (Å²) in [6.07, 6.45) is 6.13. The highest BCUT2D eigenvalue weighted by Crippen LogP contribution is 2.65. The molecule has 3 amide bonds. The molecule has 0 radical (unpaired) electrons. The quantitative estimate of drug-likeness (QED) is 0.643. The van der Waals surface area contributed by atoms with E-state index in [9.17, 15) is 14.4 Å². The van der Waals surface area contributed by atoms with Gasteiger partial charge in [-0.2, -0.15) is 0 Å². The first kappa shape index (κ1) is 15.2. The Morgan fingerprint density at radius 2 is 1.84 bits per heavy atom. The number of hydrogen-bond acceptors (Lipinski definition) is 6. The highest BCUT2D eigenvalue weighted by molar-refractivity contribution is 7.15. The van der Waals surface area contributed by atoms with Crippen LogP contribution in [-0.4, -0.2) is 39.4 Å². The number of hydrogen-bond donors (Lipinski definition) is 1. The Morgan fingerprint density at radius 3 is 2.40 bits per heavy atom. The normalized spacial score (nSPS) is 37.2. The molecule has 1 aromatic rings. The number of nitrogens with zero attached hydrogens (tertiary/aromatic N) is 3. The van der Waals surface area contributed by atoms with Gasteiger partial charge < -0.3 is 0 Å². The van der Waals surface area contributed by atoms with Crippen molar-refractivity contribution in [1.29, 1.82) is 0 Å². The summed E-state index contributed by atoms with van der Waals surface area (Å²) in [5, 5.41) is 11.7. The van der Waals surface area contributed by atoms with Gasteiger partial charge in [0.15, 0.2) is 0 Å². The van der Waals surface area contributed by atoms with Crippen LogP contribution in [0.2, 0.25) is 0 Å². The lowest BCUT2D eigenvalue weighted by Gasteiger charge is -2.37. The molecular weight excluding hydrogens is 340 g/mol. The molecule has 7 nitrogen and oxygen atoms in total. The summed E-state index contributed by atoms with van der Waals surface area (Å²) in [5.41, 5.74) is 0. The number of likely N-dealkylation sites (tertiary alicyclic amines) is 1. The van der Waals surface area contributed by atoms with Crippen LogP contribution in [-0.2, 0) is 20.8 Å². The predicted molar refractivity (Wildman–Crippen MR) is 89.3 cm³/mol. The maximum Gasteiger partial charge on any atom is 0.246 e. The number of anilines is 1. The van der Waals surface area contributed by atoms with Crippen LogP contribution in [0.5, 0.6) is 0 Å². The Kier molecular flexibility index (Phi) is 3.16. The fourth-order valence-electron chi connectivity index (χ4n) is 4.92. The fraction of sp³-hybridized carbons (Fsp3) is 0.588. The van der Waals surface area contributed by atoms with E-state index in [1.807, 2.05) is 6.92 Å². The molecule has 2 heterocycles. The van der Waals surface area contributed by atoms with Crippen LogP contribution in [0.25, 0.3) is 0 Å². The summed E-state index contributed by atoms with van der Waals surface area (Å²) in [4.78, 5) is 39.1. The molecule has 1 saturated heterocycles. The minimum absolute atomic E-state index is 0.179. The highest BCUT2D eigenvalue weighted by atomic mass is 32.1. The molecule has 8 heteroatoms. The molecule has 1 aromatic heterocycles. The van der Waals surface area contributed by atoms with Gasteiger partial charge in [0, 0.05) is 0 Å². The van der Waals surface area contributed by atoms with Crippen molar-refractivity contribution in [2.45, 2.75) is 19.8 Å². The van der Waals surface area contributed by atoms with Crippen molar-refractivity contribution >= 4 is 34.2 Å². The van der Waals surface area contributed by atoms with Gasteiger partial charge in [0.25, 0.3) is 0 Å². The van der Waals surface area contributed by atoms with E-state index in [0.29, 0.717) is 17.0 Å². The summed E-state index contributed by atoms with van der Waals surface area (Å²) in [6.45, 7) is 1.72. The molecule has 1 N–H and O–H groups in total. The summed E-state index contributed by atoms with van der Waals surface area (Å²) in [5.74, 6) is 0.220. The number of rotatable bonds is 4. The van der Waals surface area contributed by atoms with Gasteiger partial charge in [-0.1, -0.05) is 30.4 Å². The number of imide groups is 1. The number of amides is 3. The SMILES string of the molecule is CCc1nnc(NC(=O)CN2C(=O)[C@H]3[C@@H]4C=C[C@H]([C@H]5C[C@H]45)[C@@H]3C2=O)s1. The van der Waals surface area contributed by atoms with Gasteiger partial charge in [-0.3, -0.25) is 24.6 Å². The summed E-state index contributed by atoms with van der Waals surface area (Å²) in [6, 6.07) is 0. The first-order chi connectivity index (χ1) is 12.1. The minimum Gasteiger partial charge on any atom is -0.299 e. The molecule has 2 saturated carbocycles. The van der Waals surface area contributed by atoms with Crippen molar-refractivity contribution in [3.8, 4) is 0 Å². The lowest BCUT2D eigenvalue weighted by molar-refractivity contribution is -0.142. The van der Waals surface area contributed by atoms with Crippen LogP contribution >= 0.6 is 11.3 Å². The second-order valence-corrected chi connectivity index (χ2v) is 8.38. The van der Waals surface area contributed by atoms with E-state index in [1.54, 1.807) is 0 Å². The van der Waals surface area contributed by atoms with Gasteiger partial charge in [-0.05, 0) is 36.5 Å². The van der Waals surface area contributed by atoms with Gasteiger partial charge in [0.2, 0.25) is 22.9 Å². The molecule has 2 bridgehead atoms. The Bertz CT molecular complexity index is 783. The number of allylic oxidation sites excluding steroid dienone is 2. The molecule has 130 valence electrons. The first-order valence-corrected chi connectivity index (χ1v) is 9.56. The molecular formula is C17H18N4O3S. The molecule has 6 atom stereocenters. The van der Waals surface area contributed by atoms with E-state index >= 15 is 0 Å². The minimum atomic E-state index is -0.399. The fourth-order valence-corrected chi connectivity index (χ4v) is 5.62. The van der Waals surface area contributed by atoms with Gasteiger partial charge in [-0.15, -0.1) is 10.2 Å². The second kappa shape index (κ2) is 5.20. The lowest BCUT2D eigenvalue weighted by Crippen LogP contribution is -2.40. The lowest BCUT2D eigenvalue weighted by atomic mass is 9.63. The zero-order chi connectivity index (χ0) is 17.3. The van der Waals surface area contributed by atoms with E-state index in [4.69, 9.17) is 0 Å². The number of aryl methyl sites for hydroxylation is 1. The summed E-state index contributed by atoms with van der Waals surface area (Å²) in [7, 11) is 0. The van der Waals surface area contributed by atoms with Crippen LogP contribution in [0, 0.1) is 35.5 Å². The average Bonchev–Trinajstić information content (AvgIpc) is 3.27. The largest absolute Gasteiger partial charge is 0.299 e. The highest BCUT2D eigenvalue weighted by Gasteiger charge is 2.67. The standard InChI is InChI=1S/C17H18N4O3S/c1-2-12-19-20-17(25-12)18-11(22)6-21-15(23)13-7-3-4-8(10-5-9(7)10)14(13)16(21)24/h3-4,7-10,13-14H,2,5-6H2,1H3,(H,18,20,22)/t7-,8-,9-,10-,13+,14+/m1/s1. The molecule has 1 aliphatic heterocycles. The van der Waals surface area contributed by atoms with E-state index in [2.05, 4.69) is 27.7 Å². The third-order valence-corrected chi connectivity index (χ3v) is 7.05. The molecule has 5 aliphatic rings. The molecule has 0 spiro atoms. The Morgan fingerprint density at radius 1 is 1.20 bits per heavy atom. The monoisotopic (exact) mass is 358 g/mol. The van der Waals surface area contributed by atoms with E-state index in [-0.39, 0.29) is 42.0 Å². The maximum atomic E-state index is 12.8. The van der Waals surface area contributed by atoms with Gasteiger partial charge in [-0.25, -0.2) is 0 Å². The van der Waals surface area contributed by atoms with Gasteiger partial charge >= 0.3 is 0 Å². The summed E-state index contributed by atoms with van der Waals surface area (Å²) < 4.78 is 0. The van der Waals surface area contributed by atoms with Gasteiger partial charge in [0.1, 0.15) is 11.6 Å². The van der Waals surface area contributed by atoms with Crippen LogP contribution in [0.3, 0.4) is 0 Å². The maximum absolute atomic E-state index is 12.8. The predicted octanol–water partition coefficient (Wildman–Crippen LogP) is 1.09. The van der Waals surface area contributed by atoms with Crippen molar-refractivity contribution in [3.63, 3.8) is 0 Å². The topological polar surface area (TPSA) is 92.3 Å². The molecule has 3 fully saturated rings. The Balaban J connectivity index is 1.31. The van der Waals surface area contributed by atoms with Crippen LogP contribution in [0.15, 0.2) is 12.2 Å². The number of nitrogens with one attached hydrogen (secondary N) is 1. The van der Waals surface area contributed by atoms with Gasteiger partial charge in [0.05, 0.1) is 11.8 Å². The zero-order valence-corrected chi connectivity index (χ0v) is 14.5. The number of aromatic nitrogens is 2. The molecule has 25 heavy (non-hydrogen) atoms. The van der Waals surface area contributed by atoms with Crippen molar-refractivity contribution in [1.82, 2.24) is 15.1 Å². The van der Waals surface area contributed by atoms with E-state index in [0.717, 1.165) is 22.7 Å². The van der Waals surface area contributed by atoms with E-state index < -0.39 is 5.91 Å². The van der Waals surface area contributed by atoms with Crippen molar-refractivity contribution in [2.75, 3.05) is 11.9 Å². The van der Waals surface area contributed by atoms with Crippen molar-refractivity contribution < 1.29 is 14.4 Å². The third-order valence-electron chi connectivity index (χ3n) is 6.07. The number of carbonyl (C=O) groups excluding carboxylic acids is 3.